The van der Waals surface area contributed by atoms with Crippen LogP contribution in [0.15, 0.2) is 53.3 Å². The third-order valence-electron chi connectivity index (χ3n) is 2.91. The van der Waals surface area contributed by atoms with Crippen LogP contribution in [0.1, 0.15) is 10.4 Å². The van der Waals surface area contributed by atoms with Gasteiger partial charge in [0.1, 0.15) is 5.82 Å². The summed E-state index contributed by atoms with van der Waals surface area (Å²) in [6.07, 6.45) is 3.18. The molecular weight excluding hydrogens is 337 g/mol. The number of rotatable bonds is 2. The van der Waals surface area contributed by atoms with Gasteiger partial charge < -0.3 is 5.32 Å². The van der Waals surface area contributed by atoms with E-state index < -0.39 is 5.82 Å². The van der Waals surface area contributed by atoms with Gasteiger partial charge in [-0.1, -0.05) is 0 Å². The molecule has 0 aliphatic rings. The van der Waals surface area contributed by atoms with Crippen LogP contribution in [0.4, 0.5) is 10.1 Å². The monoisotopic (exact) mass is 345 g/mol. The highest BCUT2D eigenvalue weighted by atomic mass is 79.9. The van der Waals surface area contributed by atoms with Gasteiger partial charge in [-0.15, -0.1) is 0 Å². The van der Waals surface area contributed by atoms with Crippen LogP contribution in [0.5, 0.6) is 0 Å². The summed E-state index contributed by atoms with van der Waals surface area (Å²) >= 11 is 3.05. The summed E-state index contributed by atoms with van der Waals surface area (Å²) in [5.74, 6) is -0.864. The van der Waals surface area contributed by atoms with Gasteiger partial charge in [-0.05, 0) is 52.3 Å². The molecule has 0 unspecified atom stereocenters. The molecule has 3 rings (SSSR count). The maximum atomic E-state index is 13.4. The lowest BCUT2D eigenvalue weighted by Crippen LogP contribution is -2.12. The molecule has 1 aromatic heterocycles. The summed E-state index contributed by atoms with van der Waals surface area (Å²) in [5.41, 5.74) is 2.24. The van der Waals surface area contributed by atoms with Gasteiger partial charge in [-0.25, -0.2) is 4.39 Å². The summed E-state index contributed by atoms with van der Waals surface area (Å²) in [4.78, 5) is 20.4. The van der Waals surface area contributed by atoms with Crippen LogP contribution in [-0.2, 0) is 0 Å². The van der Waals surface area contributed by atoms with Crippen molar-refractivity contribution in [3.63, 3.8) is 0 Å². The molecule has 4 nitrogen and oxygen atoms in total. The number of fused-ring (bicyclic) bond motifs is 1. The topological polar surface area (TPSA) is 54.9 Å². The first-order valence-electron chi connectivity index (χ1n) is 6.11. The minimum Gasteiger partial charge on any atom is -0.322 e. The summed E-state index contributed by atoms with van der Waals surface area (Å²) in [6, 6.07) is 9.43. The molecule has 0 fully saturated rings. The summed E-state index contributed by atoms with van der Waals surface area (Å²) in [7, 11) is 0. The van der Waals surface area contributed by atoms with Crippen molar-refractivity contribution in [3.8, 4) is 0 Å². The van der Waals surface area contributed by atoms with E-state index in [0.29, 0.717) is 15.7 Å². The van der Waals surface area contributed by atoms with E-state index in [1.54, 1.807) is 36.7 Å². The van der Waals surface area contributed by atoms with Gasteiger partial charge in [0.25, 0.3) is 5.91 Å². The molecule has 2 aromatic carbocycles. The molecule has 6 heteroatoms. The Kier molecular flexibility index (Phi) is 3.62. The zero-order valence-electron chi connectivity index (χ0n) is 10.7. The van der Waals surface area contributed by atoms with Crippen molar-refractivity contribution >= 4 is 38.6 Å². The fourth-order valence-corrected chi connectivity index (χ4v) is 2.13. The zero-order valence-corrected chi connectivity index (χ0v) is 12.3. The van der Waals surface area contributed by atoms with E-state index in [2.05, 4.69) is 31.2 Å². The van der Waals surface area contributed by atoms with Crippen molar-refractivity contribution < 1.29 is 9.18 Å². The smallest absolute Gasteiger partial charge is 0.255 e. The molecule has 104 valence electrons. The number of aromatic nitrogens is 2. The third kappa shape index (κ3) is 2.90. The number of hydrogen-bond donors (Lipinski definition) is 1. The lowest BCUT2D eigenvalue weighted by molar-refractivity contribution is 0.102. The van der Waals surface area contributed by atoms with Crippen LogP contribution in [0.2, 0.25) is 0 Å². The average molecular weight is 346 g/mol. The normalized spacial score (nSPS) is 10.6. The number of hydrogen-bond acceptors (Lipinski definition) is 3. The second kappa shape index (κ2) is 5.57. The minimum absolute atomic E-state index is 0.245. The van der Waals surface area contributed by atoms with Crippen LogP contribution in [0.3, 0.4) is 0 Å². The number of benzene rings is 2. The van der Waals surface area contributed by atoms with E-state index in [9.17, 15) is 9.18 Å². The van der Waals surface area contributed by atoms with E-state index in [-0.39, 0.29) is 11.5 Å². The molecule has 0 saturated carbocycles. The highest BCUT2D eigenvalue weighted by Crippen LogP contribution is 2.19. The van der Waals surface area contributed by atoms with Gasteiger partial charge in [0.15, 0.2) is 0 Å². The Bertz CT molecular complexity index is 838. The number of nitrogens with zero attached hydrogens (tertiary/aromatic N) is 2. The third-order valence-corrected chi connectivity index (χ3v) is 3.55. The Morgan fingerprint density at radius 1 is 1.05 bits per heavy atom. The first kappa shape index (κ1) is 13.6. The SMILES string of the molecule is O=C(Nc1ccc2nccnc2c1)c1ccc(Br)c(F)c1. The Balaban J connectivity index is 1.87. The largest absolute Gasteiger partial charge is 0.322 e. The first-order chi connectivity index (χ1) is 10.1. The van der Waals surface area contributed by atoms with Crippen molar-refractivity contribution in [3.05, 3.63) is 64.6 Å². The molecule has 21 heavy (non-hydrogen) atoms. The molecule has 0 spiro atoms. The molecule has 0 saturated heterocycles. The number of carbonyl (C=O) groups excluding carboxylic acids is 1. The molecule has 0 radical (unpaired) electrons. The minimum atomic E-state index is -0.480. The van der Waals surface area contributed by atoms with Gasteiger partial charge in [0.05, 0.1) is 15.5 Å². The number of amides is 1. The van der Waals surface area contributed by atoms with Crippen LogP contribution in [0.25, 0.3) is 11.0 Å². The molecule has 1 N–H and O–H groups in total. The predicted octanol–water partition coefficient (Wildman–Crippen LogP) is 3.78. The number of nitrogens with one attached hydrogen (secondary N) is 1. The maximum Gasteiger partial charge on any atom is 0.255 e. The second-order valence-corrected chi connectivity index (χ2v) is 5.20. The molecule has 0 aliphatic heterocycles. The number of carbonyl (C=O) groups is 1. The van der Waals surface area contributed by atoms with Crippen molar-refractivity contribution in [2.45, 2.75) is 0 Å². The van der Waals surface area contributed by atoms with E-state index in [4.69, 9.17) is 0 Å². The van der Waals surface area contributed by atoms with E-state index in [1.807, 2.05) is 0 Å². The second-order valence-electron chi connectivity index (χ2n) is 4.34. The Labute approximate surface area is 128 Å². The van der Waals surface area contributed by atoms with E-state index >= 15 is 0 Å². The van der Waals surface area contributed by atoms with Gasteiger partial charge in [0, 0.05) is 23.6 Å². The number of halogens is 2. The molecule has 0 atom stereocenters. The van der Waals surface area contributed by atoms with Crippen LogP contribution < -0.4 is 5.32 Å². The van der Waals surface area contributed by atoms with Crippen LogP contribution in [-0.4, -0.2) is 15.9 Å². The van der Waals surface area contributed by atoms with Gasteiger partial charge in [0.2, 0.25) is 0 Å². The Morgan fingerprint density at radius 3 is 2.57 bits per heavy atom. The summed E-state index contributed by atoms with van der Waals surface area (Å²) in [5, 5.41) is 2.71. The summed E-state index contributed by atoms with van der Waals surface area (Å²) in [6.45, 7) is 0. The Hall–Kier alpha value is -2.34. The Morgan fingerprint density at radius 2 is 1.81 bits per heavy atom. The van der Waals surface area contributed by atoms with Crippen LogP contribution >= 0.6 is 15.9 Å². The fourth-order valence-electron chi connectivity index (χ4n) is 1.88. The van der Waals surface area contributed by atoms with Crippen molar-refractivity contribution in [2.24, 2.45) is 0 Å². The standard InChI is InChI=1S/C15H9BrFN3O/c16-11-3-1-9(7-12(11)17)15(21)20-10-2-4-13-14(8-10)19-6-5-18-13/h1-8H,(H,20,21). The van der Waals surface area contributed by atoms with Gasteiger partial charge in [-0.2, -0.15) is 0 Å². The van der Waals surface area contributed by atoms with E-state index in [0.717, 1.165) is 5.52 Å². The van der Waals surface area contributed by atoms with Gasteiger partial charge in [-0.3, -0.25) is 14.8 Å². The van der Waals surface area contributed by atoms with Crippen molar-refractivity contribution in [2.75, 3.05) is 5.32 Å². The first-order valence-corrected chi connectivity index (χ1v) is 6.90. The fraction of sp³-hybridized carbons (Fsp3) is 0. The maximum absolute atomic E-state index is 13.4. The zero-order chi connectivity index (χ0) is 14.8. The predicted molar refractivity (Wildman–Crippen MR) is 81.6 cm³/mol. The van der Waals surface area contributed by atoms with Crippen molar-refractivity contribution in [1.29, 1.82) is 0 Å². The highest BCUT2D eigenvalue weighted by molar-refractivity contribution is 9.10. The number of anilines is 1. The van der Waals surface area contributed by atoms with Crippen molar-refractivity contribution in [1.82, 2.24) is 9.97 Å². The van der Waals surface area contributed by atoms with Crippen LogP contribution in [0, 0.1) is 5.82 Å². The molecule has 3 aromatic rings. The molecule has 1 amide bonds. The highest BCUT2D eigenvalue weighted by Gasteiger charge is 2.09. The molecule has 0 bridgehead atoms. The lowest BCUT2D eigenvalue weighted by Gasteiger charge is -2.06. The molecule has 1 heterocycles. The average Bonchev–Trinajstić information content (AvgIpc) is 2.50. The summed E-state index contributed by atoms with van der Waals surface area (Å²) < 4.78 is 13.8. The molecular formula is C15H9BrFN3O. The molecule has 0 aliphatic carbocycles. The van der Waals surface area contributed by atoms with Gasteiger partial charge >= 0.3 is 0 Å². The lowest BCUT2D eigenvalue weighted by atomic mass is 10.2. The quantitative estimate of drug-likeness (QED) is 0.768. The van der Waals surface area contributed by atoms with E-state index in [1.165, 1.54) is 12.1 Å².